The normalized spacial score (nSPS) is 10.4. The minimum Gasteiger partial charge on any atom is -0.508 e. The lowest BCUT2D eigenvalue weighted by Gasteiger charge is -2.03. The second-order valence-electron chi connectivity index (χ2n) is 4.24. The molecule has 0 aromatic heterocycles. The summed E-state index contributed by atoms with van der Waals surface area (Å²) in [6, 6.07) is 5.05. The molecule has 1 rings (SSSR count). The molecule has 0 unspecified atom stereocenters. The van der Waals surface area contributed by atoms with Gasteiger partial charge in [0, 0.05) is 12.0 Å². The Hall–Kier alpha value is -1.31. The number of phenolic OH excluding ortho intramolecular Hbond substituents is 1. The fourth-order valence-electron chi connectivity index (χ4n) is 1.69. The number of hydrogen-bond donors (Lipinski definition) is 1. The first-order valence-corrected chi connectivity index (χ1v) is 5.98. The van der Waals surface area contributed by atoms with Crippen molar-refractivity contribution in [2.75, 3.05) is 0 Å². The molecule has 0 bridgehead atoms. The highest BCUT2D eigenvalue weighted by molar-refractivity contribution is 5.96. The summed E-state index contributed by atoms with van der Waals surface area (Å²) in [7, 11) is 0. The first-order chi connectivity index (χ1) is 7.65. The highest BCUT2D eigenvalue weighted by atomic mass is 16.3. The molecular weight excluding hydrogens is 200 g/mol. The molecule has 1 aromatic carbocycles. The summed E-state index contributed by atoms with van der Waals surface area (Å²) in [5.74, 6) is 0.432. The number of aromatic hydroxyl groups is 1. The lowest BCUT2D eigenvalue weighted by atomic mass is 10.0. The van der Waals surface area contributed by atoms with Gasteiger partial charge in [0.1, 0.15) is 5.75 Å². The Balaban J connectivity index is 2.50. The molecule has 1 N–H and O–H groups in total. The molecule has 0 aliphatic carbocycles. The summed E-state index contributed by atoms with van der Waals surface area (Å²) >= 11 is 0. The van der Waals surface area contributed by atoms with E-state index < -0.39 is 0 Å². The van der Waals surface area contributed by atoms with Crippen molar-refractivity contribution < 1.29 is 9.90 Å². The number of unbranched alkanes of at least 4 members (excludes halogenated alkanes) is 3. The quantitative estimate of drug-likeness (QED) is 0.584. The van der Waals surface area contributed by atoms with E-state index in [0.29, 0.717) is 12.0 Å². The number of carbonyl (C=O) groups is 1. The number of aryl methyl sites for hydroxylation is 1. The van der Waals surface area contributed by atoms with Gasteiger partial charge in [-0.2, -0.15) is 0 Å². The third kappa shape index (κ3) is 3.69. The van der Waals surface area contributed by atoms with Crippen molar-refractivity contribution in [1.29, 1.82) is 0 Å². The van der Waals surface area contributed by atoms with Gasteiger partial charge in [0.25, 0.3) is 0 Å². The van der Waals surface area contributed by atoms with Crippen LogP contribution < -0.4 is 0 Å². The minimum atomic E-state index is 0.180. The second-order valence-corrected chi connectivity index (χ2v) is 4.24. The molecule has 0 heterocycles. The van der Waals surface area contributed by atoms with Crippen molar-refractivity contribution >= 4 is 5.78 Å². The van der Waals surface area contributed by atoms with Crippen molar-refractivity contribution in [1.82, 2.24) is 0 Å². The van der Waals surface area contributed by atoms with Crippen LogP contribution in [0.3, 0.4) is 0 Å². The maximum atomic E-state index is 11.8. The number of carbonyl (C=O) groups excluding carboxylic acids is 1. The van der Waals surface area contributed by atoms with Crippen molar-refractivity contribution in [3.63, 3.8) is 0 Å². The fraction of sp³-hybridized carbons (Fsp3) is 0.500. The van der Waals surface area contributed by atoms with Crippen LogP contribution >= 0.6 is 0 Å². The SMILES string of the molecule is CCCCCCC(=O)c1ccc(O)c(C)c1. The molecule has 0 atom stereocenters. The largest absolute Gasteiger partial charge is 0.508 e. The predicted molar refractivity (Wildman–Crippen MR) is 65.9 cm³/mol. The van der Waals surface area contributed by atoms with Gasteiger partial charge in [-0.15, -0.1) is 0 Å². The average Bonchev–Trinajstić information content (AvgIpc) is 2.28. The van der Waals surface area contributed by atoms with Crippen LogP contribution in [0, 0.1) is 6.92 Å². The molecule has 0 aliphatic rings. The van der Waals surface area contributed by atoms with Crippen molar-refractivity contribution in [3.8, 4) is 5.75 Å². The van der Waals surface area contributed by atoms with Gasteiger partial charge < -0.3 is 5.11 Å². The molecule has 16 heavy (non-hydrogen) atoms. The van der Waals surface area contributed by atoms with Gasteiger partial charge in [0.05, 0.1) is 0 Å². The van der Waals surface area contributed by atoms with E-state index in [0.717, 1.165) is 18.4 Å². The molecular formula is C14H20O2. The van der Waals surface area contributed by atoms with E-state index in [2.05, 4.69) is 6.92 Å². The summed E-state index contributed by atoms with van der Waals surface area (Å²) in [6.45, 7) is 3.97. The molecule has 0 saturated heterocycles. The Labute approximate surface area is 97.3 Å². The maximum absolute atomic E-state index is 11.8. The minimum absolute atomic E-state index is 0.180. The summed E-state index contributed by atoms with van der Waals surface area (Å²) < 4.78 is 0. The molecule has 2 heteroatoms. The Kier molecular flexibility index (Phi) is 5.03. The van der Waals surface area contributed by atoms with Crippen molar-refractivity contribution in [2.24, 2.45) is 0 Å². The third-order valence-corrected chi connectivity index (χ3v) is 2.78. The summed E-state index contributed by atoms with van der Waals surface area (Å²) in [4.78, 5) is 11.8. The van der Waals surface area contributed by atoms with Crippen LogP contribution in [0.25, 0.3) is 0 Å². The number of Topliss-reactive ketones (excluding diaryl/α,β-unsaturated/α-hetero) is 1. The van der Waals surface area contributed by atoms with Crippen LogP contribution in [-0.2, 0) is 0 Å². The van der Waals surface area contributed by atoms with E-state index in [-0.39, 0.29) is 11.5 Å². The van der Waals surface area contributed by atoms with E-state index in [4.69, 9.17) is 0 Å². The fourth-order valence-corrected chi connectivity index (χ4v) is 1.69. The molecule has 2 nitrogen and oxygen atoms in total. The van der Waals surface area contributed by atoms with E-state index >= 15 is 0 Å². The maximum Gasteiger partial charge on any atom is 0.162 e. The van der Waals surface area contributed by atoms with E-state index in [1.54, 1.807) is 18.2 Å². The lowest BCUT2D eigenvalue weighted by Crippen LogP contribution is -1.99. The predicted octanol–water partition coefficient (Wildman–Crippen LogP) is 3.85. The number of phenols is 1. The van der Waals surface area contributed by atoms with E-state index in [9.17, 15) is 9.90 Å². The zero-order chi connectivity index (χ0) is 12.0. The van der Waals surface area contributed by atoms with Crippen molar-refractivity contribution in [2.45, 2.75) is 46.0 Å². The molecule has 0 amide bonds. The molecule has 0 fully saturated rings. The molecule has 0 spiro atoms. The Morgan fingerprint density at radius 3 is 2.62 bits per heavy atom. The number of rotatable bonds is 6. The first kappa shape index (κ1) is 12.8. The van der Waals surface area contributed by atoms with Gasteiger partial charge in [-0.05, 0) is 37.1 Å². The van der Waals surface area contributed by atoms with E-state index in [1.165, 1.54) is 12.8 Å². The number of benzene rings is 1. The second kappa shape index (κ2) is 6.31. The van der Waals surface area contributed by atoms with Crippen molar-refractivity contribution in [3.05, 3.63) is 29.3 Å². The van der Waals surface area contributed by atoms with Gasteiger partial charge in [-0.1, -0.05) is 26.2 Å². The van der Waals surface area contributed by atoms with E-state index in [1.807, 2.05) is 6.92 Å². The smallest absolute Gasteiger partial charge is 0.162 e. The Morgan fingerprint density at radius 2 is 2.00 bits per heavy atom. The number of hydrogen-bond acceptors (Lipinski definition) is 2. The van der Waals surface area contributed by atoms with Gasteiger partial charge in [-0.25, -0.2) is 0 Å². The molecule has 88 valence electrons. The average molecular weight is 220 g/mol. The lowest BCUT2D eigenvalue weighted by molar-refractivity contribution is 0.0979. The highest BCUT2D eigenvalue weighted by Gasteiger charge is 2.06. The topological polar surface area (TPSA) is 37.3 Å². The summed E-state index contributed by atoms with van der Waals surface area (Å²) in [5, 5.41) is 9.36. The van der Waals surface area contributed by atoms with Crippen LogP contribution in [-0.4, -0.2) is 10.9 Å². The molecule has 0 saturated carbocycles. The van der Waals surface area contributed by atoms with Crippen LogP contribution in [0.5, 0.6) is 5.75 Å². The van der Waals surface area contributed by atoms with Crippen LogP contribution in [0.4, 0.5) is 0 Å². The highest BCUT2D eigenvalue weighted by Crippen LogP contribution is 2.18. The van der Waals surface area contributed by atoms with Crippen LogP contribution in [0.1, 0.15) is 54.9 Å². The standard InChI is InChI=1S/C14H20O2/c1-3-4-5-6-7-14(16)12-8-9-13(15)11(2)10-12/h8-10,15H,3-7H2,1-2H3. The zero-order valence-corrected chi connectivity index (χ0v) is 10.1. The van der Waals surface area contributed by atoms with Crippen LogP contribution in [0.2, 0.25) is 0 Å². The first-order valence-electron chi connectivity index (χ1n) is 5.98. The monoisotopic (exact) mass is 220 g/mol. The molecule has 0 aliphatic heterocycles. The summed E-state index contributed by atoms with van der Waals surface area (Å²) in [6.07, 6.45) is 5.09. The number of ketones is 1. The summed E-state index contributed by atoms with van der Waals surface area (Å²) in [5.41, 5.74) is 1.48. The van der Waals surface area contributed by atoms with Crippen LogP contribution in [0.15, 0.2) is 18.2 Å². The molecule has 1 aromatic rings. The van der Waals surface area contributed by atoms with Gasteiger partial charge in [-0.3, -0.25) is 4.79 Å². The Bertz CT molecular complexity index is 356. The third-order valence-electron chi connectivity index (χ3n) is 2.78. The van der Waals surface area contributed by atoms with Gasteiger partial charge in [0.2, 0.25) is 0 Å². The van der Waals surface area contributed by atoms with Gasteiger partial charge >= 0.3 is 0 Å². The molecule has 0 radical (unpaired) electrons. The Morgan fingerprint density at radius 1 is 1.25 bits per heavy atom. The van der Waals surface area contributed by atoms with Gasteiger partial charge in [0.15, 0.2) is 5.78 Å². The zero-order valence-electron chi connectivity index (χ0n) is 10.1.